The molecule has 0 saturated carbocycles. The SMILES string of the molecule is CCN1CCCC(C(=O)CSc2ccc(-c3ccccc3)cc2)C1. The lowest BCUT2D eigenvalue weighted by molar-refractivity contribution is -0.121. The lowest BCUT2D eigenvalue weighted by atomic mass is 9.95. The van der Waals surface area contributed by atoms with Crippen LogP contribution in [0.2, 0.25) is 0 Å². The molecular formula is C21H25NOS. The van der Waals surface area contributed by atoms with Gasteiger partial charge >= 0.3 is 0 Å². The Balaban J connectivity index is 1.54. The molecule has 0 N–H and O–H groups in total. The molecule has 2 nitrogen and oxygen atoms in total. The fraction of sp³-hybridized carbons (Fsp3) is 0.381. The summed E-state index contributed by atoms with van der Waals surface area (Å²) in [6, 6.07) is 18.9. The Kier molecular flexibility index (Phi) is 6.11. The summed E-state index contributed by atoms with van der Waals surface area (Å²) in [7, 11) is 0. The Morgan fingerprint density at radius 3 is 2.50 bits per heavy atom. The van der Waals surface area contributed by atoms with E-state index in [0.29, 0.717) is 11.5 Å². The number of Topliss-reactive ketones (excluding diaryl/α,β-unsaturated/α-hetero) is 1. The van der Waals surface area contributed by atoms with Gasteiger partial charge < -0.3 is 4.90 Å². The highest BCUT2D eigenvalue weighted by atomic mass is 32.2. The van der Waals surface area contributed by atoms with Crippen LogP contribution in [0, 0.1) is 5.92 Å². The molecule has 126 valence electrons. The summed E-state index contributed by atoms with van der Waals surface area (Å²) in [6.45, 7) is 5.32. The van der Waals surface area contributed by atoms with Crippen molar-refractivity contribution < 1.29 is 4.79 Å². The summed E-state index contributed by atoms with van der Waals surface area (Å²) in [5.41, 5.74) is 2.45. The molecule has 1 heterocycles. The number of thioether (sulfide) groups is 1. The van der Waals surface area contributed by atoms with E-state index in [1.54, 1.807) is 11.8 Å². The van der Waals surface area contributed by atoms with E-state index < -0.39 is 0 Å². The molecule has 1 unspecified atom stereocenters. The van der Waals surface area contributed by atoms with Gasteiger partial charge in [-0.15, -0.1) is 11.8 Å². The molecule has 1 saturated heterocycles. The molecule has 1 fully saturated rings. The first kappa shape index (κ1) is 17.2. The number of benzene rings is 2. The molecule has 0 aliphatic carbocycles. The molecular weight excluding hydrogens is 314 g/mol. The number of hydrogen-bond acceptors (Lipinski definition) is 3. The van der Waals surface area contributed by atoms with Crippen LogP contribution in [0.3, 0.4) is 0 Å². The van der Waals surface area contributed by atoms with Crippen LogP contribution in [0.4, 0.5) is 0 Å². The maximum atomic E-state index is 12.5. The Morgan fingerprint density at radius 2 is 1.79 bits per heavy atom. The van der Waals surface area contributed by atoms with Gasteiger partial charge in [-0.05, 0) is 49.2 Å². The molecule has 0 radical (unpaired) electrons. The second-order valence-corrected chi connectivity index (χ2v) is 7.43. The highest BCUT2D eigenvalue weighted by molar-refractivity contribution is 8.00. The van der Waals surface area contributed by atoms with Crippen LogP contribution in [-0.4, -0.2) is 36.1 Å². The van der Waals surface area contributed by atoms with E-state index in [0.717, 1.165) is 32.5 Å². The zero-order valence-corrected chi connectivity index (χ0v) is 15.1. The number of rotatable bonds is 6. The third-order valence-electron chi connectivity index (χ3n) is 4.75. The third-order valence-corrected chi connectivity index (χ3v) is 5.78. The Labute approximate surface area is 149 Å². The monoisotopic (exact) mass is 339 g/mol. The molecule has 2 aromatic rings. The molecule has 1 aliphatic heterocycles. The minimum atomic E-state index is 0.231. The fourth-order valence-corrected chi connectivity index (χ4v) is 4.13. The number of piperidine rings is 1. The van der Waals surface area contributed by atoms with Crippen molar-refractivity contribution in [2.75, 3.05) is 25.4 Å². The number of carbonyl (C=O) groups excluding carboxylic acids is 1. The molecule has 3 heteroatoms. The maximum Gasteiger partial charge on any atom is 0.147 e. The second-order valence-electron chi connectivity index (χ2n) is 6.38. The van der Waals surface area contributed by atoms with Crippen molar-refractivity contribution in [3.63, 3.8) is 0 Å². The largest absolute Gasteiger partial charge is 0.303 e. The number of hydrogen-bond donors (Lipinski definition) is 0. The van der Waals surface area contributed by atoms with Gasteiger partial charge in [0, 0.05) is 17.4 Å². The van der Waals surface area contributed by atoms with Gasteiger partial charge in [-0.3, -0.25) is 4.79 Å². The standard InChI is InChI=1S/C21H25NOS/c1-2-22-14-6-9-19(15-22)21(23)16-24-20-12-10-18(11-13-20)17-7-4-3-5-8-17/h3-5,7-8,10-13,19H,2,6,9,14-16H2,1H3. The zero-order chi connectivity index (χ0) is 16.8. The van der Waals surface area contributed by atoms with Crippen LogP contribution in [0.15, 0.2) is 59.5 Å². The van der Waals surface area contributed by atoms with Crippen molar-refractivity contribution in [2.24, 2.45) is 5.92 Å². The highest BCUT2D eigenvalue weighted by Gasteiger charge is 2.24. The number of nitrogens with zero attached hydrogens (tertiary/aromatic N) is 1. The summed E-state index contributed by atoms with van der Waals surface area (Å²) in [5, 5.41) is 0. The molecule has 3 rings (SSSR count). The molecule has 24 heavy (non-hydrogen) atoms. The fourth-order valence-electron chi connectivity index (χ4n) is 3.25. The van der Waals surface area contributed by atoms with Gasteiger partial charge in [0.25, 0.3) is 0 Å². The third kappa shape index (κ3) is 4.49. The molecule has 0 aromatic heterocycles. The molecule has 0 bridgehead atoms. The van der Waals surface area contributed by atoms with Crippen molar-refractivity contribution in [2.45, 2.75) is 24.7 Å². The minimum absolute atomic E-state index is 0.231. The molecule has 1 aliphatic rings. The van der Waals surface area contributed by atoms with E-state index >= 15 is 0 Å². The Morgan fingerprint density at radius 1 is 1.08 bits per heavy atom. The van der Waals surface area contributed by atoms with Gasteiger partial charge in [0.15, 0.2) is 0 Å². The summed E-state index contributed by atoms with van der Waals surface area (Å²) >= 11 is 1.67. The first-order valence-electron chi connectivity index (χ1n) is 8.79. The molecule has 2 aromatic carbocycles. The Bertz CT molecular complexity index is 653. The first-order chi connectivity index (χ1) is 11.8. The van der Waals surface area contributed by atoms with Gasteiger partial charge in [-0.25, -0.2) is 0 Å². The van der Waals surface area contributed by atoms with Crippen LogP contribution >= 0.6 is 11.8 Å². The average molecular weight is 340 g/mol. The van der Waals surface area contributed by atoms with E-state index in [9.17, 15) is 4.79 Å². The van der Waals surface area contributed by atoms with Crippen LogP contribution in [-0.2, 0) is 4.79 Å². The molecule has 0 amide bonds. The van der Waals surface area contributed by atoms with Gasteiger partial charge in [0.1, 0.15) is 5.78 Å². The van der Waals surface area contributed by atoms with E-state index in [-0.39, 0.29) is 5.92 Å². The van der Waals surface area contributed by atoms with E-state index in [2.05, 4.69) is 60.4 Å². The van der Waals surface area contributed by atoms with Crippen LogP contribution < -0.4 is 0 Å². The average Bonchev–Trinajstić information content (AvgIpc) is 2.67. The van der Waals surface area contributed by atoms with Crippen LogP contribution in [0.5, 0.6) is 0 Å². The molecule has 1 atom stereocenters. The topological polar surface area (TPSA) is 20.3 Å². The summed E-state index contributed by atoms with van der Waals surface area (Å²) in [6.07, 6.45) is 2.21. The summed E-state index contributed by atoms with van der Waals surface area (Å²) in [4.78, 5) is 16.0. The van der Waals surface area contributed by atoms with E-state index in [1.165, 1.54) is 16.0 Å². The van der Waals surface area contributed by atoms with Crippen molar-refractivity contribution in [3.8, 4) is 11.1 Å². The summed E-state index contributed by atoms with van der Waals surface area (Å²) < 4.78 is 0. The molecule has 0 spiro atoms. The normalized spacial score (nSPS) is 18.5. The van der Waals surface area contributed by atoms with E-state index in [4.69, 9.17) is 0 Å². The maximum absolute atomic E-state index is 12.5. The number of carbonyl (C=O) groups is 1. The number of ketones is 1. The lowest BCUT2D eigenvalue weighted by Gasteiger charge is -2.30. The van der Waals surface area contributed by atoms with Crippen molar-refractivity contribution >= 4 is 17.5 Å². The van der Waals surface area contributed by atoms with Gasteiger partial charge in [0.2, 0.25) is 0 Å². The lowest BCUT2D eigenvalue weighted by Crippen LogP contribution is -2.39. The van der Waals surface area contributed by atoms with Gasteiger partial charge in [0.05, 0.1) is 5.75 Å². The van der Waals surface area contributed by atoms with Gasteiger partial charge in [-0.2, -0.15) is 0 Å². The smallest absolute Gasteiger partial charge is 0.147 e. The van der Waals surface area contributed by atoms with Crippen molar-refractivity contribution in [1.29, 1.82) is 0 Å². The second kappa shape index (κ2) is 8.50. The summed E-state index contributed by atoms with van der Waals surface area (Å²) in [5.74, 6) is 1.23. The number of likely N-dealkylation sites (tertiary alicyclic amines) is 1. The van der Waals surface area contributed by atoms with Crippen molar-refractivity contribution in [1.82, 2.24) is 4.90 Å². The van der Waals surface area contributed by atoms with Crippen molar-refractivity contribution in [3.05, 3.63) is 54.6 Å². The Hall–Kier alpha value is -1.58. The first-order valence-corrected chi connectivity index (χ1v) is 9.78. The minimum Gasteiger partial charge on any atom is -0.303 e. The van der Waals surface area contributed by atoms with Crippen LogP contribution in [0.1, 0.15) is 19.8 Å². The predicted octanol–water partition coefficient (Wildman–Crippen LogP) is 4.75. The van der Waals surface area contributed by atoms with Crippen LogP contribution in [0.25, 0.3) is 11.1 Å². The zero-order valence-electron chi connectivity index (χ0n) is 14.3. The quantitative estimate of drug-likeness (QED) is 0.709. The predicted molar refractivity (Wildman–Crippen MR) is 102 cm³/mol. The van der Waals surface area contributed by atoms with E-state index in [1.807, 2.05) is 6.07 Å². The highest BCUT2D eigenvalue weighted by Crippen LogP contribution is 2.26. The van der Waals surface area contributed by atoms with Gasteiger partial charge in [-0.1, -0.05) is 49.4 Å².